The van der Waals surface area contributed by atoms with Crippen LogP contribution < -0.4 is 0 Å². The van der Waals surface area contributed by atoms with Crippen molar-refractivity contribution >= 4 is 23.2 Å². The quantitative estimate of drug-likeness (QED) is 0.822. The maximum atomic E-state index is 12.5. The molecule has 6 nitrogen and oxygen atoms in total. The van der Waals surface area contributed by atoms with Gasteiger partial charge in [-0.15, -0.1) is 11.3 Å². The number of hydrogen-bond donors (Lipinski definition) is 0. The second-order valence-corrected chi connectivity index (χ2v) is 8.73. The topological polar surface area (TPSA) is 62.7 Å². The van der Waals surface area contributed by atoms with Crippen molar-refractivity contribution in [3.63, 3.8) is 0 Å². The van der Waals surface area contributed by atoms with E-state index in [0.29, 0.717) is 26.2 Å². The predicted octanol–water partition coefficient (Wildman–Crippen LogP) is 1.83. The van der Waals surface area contributed by atoms with Crippen molar-refractivity contribution in [2.24, 2.45) is 11.3 Å². The van der Waals surface area contributed by atoms with Crippen molar-refractivity contribution < 1.29 is 14.3 Å². The van der Waals surface area contributed by atoms with Crippen LogP contribution in [0.2, 0.25) is 0 Å². The molecule has 3 aliphatic heterocycles. The number of hydrogen-bond acceptors (Lipinski definition) is 5. The molecule has 4 heterocycles. The number of amides is 2. The fourth-order valence-electron chi connectivity index (χ4n) is 4.33. The number of ether oxygens (including phenoxy) is 1. The van der Waals surface area contributed by atoms with Crippen LogP contribution in [0.3, 0.4) is 0 Å². The molecule has 2 amide bonds. The zero-order valence-corrected chi connectivity index (χ0v) is 15.5. The third-order valence-corrected chi connectivity index (χ3v) is 6.66. The lowest BCUT2D eigenvalue weighted by Crippen LogP contribution is -2.46. The molecule has 1 atom stereocenters. The molecule has 1 spiro atoms. The van der Waals surface area contributed by atoms with Crippen LogP contribution in [0.5, 0.6) is 0 Å². The SMILES string of the molecule is Cc1nc(CN2CC3(CCN(C(=O)C4CCOC4)CC3)CC2=O)cs1. The monoisotopic (exact) mass is 363 g/mol. The highest BCUT2D eigenvalue weighted by atomic mass is 32.1. The molecule has 7 heteroatoms. The van der Waals surface area contributed by atoms with Gasteiger partial charge in [-0.3, -0.25) is 9.59 Å². The van der Waals surface area contributed by atoms with Gasteiger partial charge >= 0.3 is 0 Å². The second-order valence-electron chi connectivity index (χ2n) is 7.67. The summed E-state index contributed by atoms with van der Waals surface area (Å²) >= 11 is 1.63. The van der Waals surface area contributed by atoms with Crippen LogP contribution in [0.15, 0.2) is 5.38 Å². The van der Waals surface area contributed by atoms with Crippen LogP contribution >= 0.6 is 11.3 Å². The van der Waals surface area contributed by atoms with Crippen molar-refractivity contribution in [1.29, 1.82) is 0 Å². The van der Waals surface area contributed by atoms with E-state index in [4.69, 9.17) is 4.74 Å². The first-order valence-corrected chi connectivity index (χ1v) is 9.98. The van der Waals surface area contributed by atoms with Gasteiger partial charge in [0.2, 0.25) is 11.8 Å². The van der Waals surface area contributed by atoms with E-state index in [2.05, 4.69) is 4.98 Å². The number of carbonyl (C=O) groups is 2. The first kappa shape index (κ1) is 17.0. The zero-order chi connectivity index (χ0) is 17.4. The molecule has 1 unspecified atom stereocenters. The predicted molar refractivity (Wildman–Crippen MR) is 94.1 cm³/mol. The minimum Gasteiger partial charge on any atom is -0.381 e. The fraction of sp³-hybridized carbons (Fsp3) is 0.722. The molecule has 0 radical (unpaired) electrons. The number of thiazole rings is 1. The van der Waals surface area contributed by atoms with Gasteiger partial charge in [-0.2, -0.15) is 0 Å². The minimum absolute atomic E-state index is 0.0451. The molecule has 3 saturated heterocycles. The van der Waals surface area contributed by atoms with Crippen LogP contribution in [0.25, 0.3) is 0 Å². The molecule has 1 aromatic heterocycles. The maximum absolute atomic E-state index is 12.5. The number of aryl methyl sites for hydroxylation is 1. The van der Waals surface area contributed by atoms with Gasteiger partial charge in [0.1, 0.15) is 0 Å². The molecule has 0 saturated carbocycles. The Labute approximate surface area is 152 Å². The molecule has 0 aromatic carbocycles. The van der Waals surface area contributed by atoms with E-state index in [0.717, 1.165) is 49.6 Å². The lowest BCUT2D eigenvalue weighted by molar-refractivity contribution is -0.137. The van der Waals surface area contributed by atoms with Crippen LogP contribution in [-0.4, -0.2) is 59.4 Å². The van der Waals surface area contributed by atoms with Gasteiger partial charge in [0.05, 0.1) is 29.8 Å². The fourth-order valence-corrected chi connectivity index (χ4v) is 4.93. The van der Waals surface area contributed by atoms with E-state index >= 15 is 0 Å². The molecule has 25 heavy (non-hydrogen) atoms. The number of rotatable bonds is 3. The molecule has 0 aliphatic carbocycles. The molecule has 4 rings (SSSR count). The first-order chi connectivity index (χ1) is 12.0. The zero-order valence-electron chi connectivity index (χ0n) is 14.7. The number of piperidine rings is 1. The smallest absolute Gasteiger partial charge is 0.228 e. The van der Waals surface area contributed by atoms with Crippen molar-refractivity contribution in [3.8, 4) is 0 Å². The summed E-state index contributed by atoms with van der Waals surface area (Å²) in [4.78, 5) is 33.4. The largest absolute Gasteiger partial charge is 0.381 e. The Balaban J connectivity index is 1.34. The van der Waals surface area contributed by atoms with Crippen LogP contribution in [0.1, 0.15) is 36.4 Å². The molecule has 3 aliphatic rings. The van der Waals surface area contributed by atoms with Gasteiger partial charge in [-0.05, 0) is 26.2 Å². The number of likely N-dealkylation sites (tertiary alicyclic amines) is 2. The third kappa shape index (κ3) is 3.44. The minimum atomic E-state index is 0.0451. The highest BCUT2D eigenvalue weighted by molar-refractivity contribution is 7.09. The summed E-state index contributed by atoms with van der Waals surface area (Å²) in [7, 11) is 0. The van der Waals surface area contributed by atoms with E-state index in [1.807, 2.05) is 22.1 Å². The average molecular weight is 363 g/mol. The summed E-state index contributed by atoms with van der Waals surface area (Å²) < 4.78 is 5.34. The Kier molecular flexibility index (Phi) is 4.54. The van der Waals surface area contributed by atoms with E-state index in [-0.39, 0.29) is 23.1 Å². The Bertz CT molecular complexity index is 660. The van der Waals surface area contributed by atoms with Gasteiger partial charge in [0.15, 0.2) is 0 Å². The van der Waals surface area contributed by atoms with Crippen molar-refractivity contribution in [3.05, 3.63) is 16.1 Å². The van der Waals surface area contributed by atoms with Crippen molar-refractivity contribution in [1.82, 2.24) is 14.8 Å². The highest BCUT2D eigenvalue weighted by Gasteiger charge is 2.46. The van der Waals surface area contributed by atoms with Crippen LogP contribution in [0.4, 0.5) is 0 Å². The summed E-state index contributed by atoms with van der Waals surface area (Å²) in [6, 6.07) is 0. The van der Waals surface area contributed by atoms with Gasteiger partial charge in [-0.25, -0.2) is 4.98 Å². The van der Waals surface area contributed by atoms with Crippen LogP contribution in [-0.2, 0) is 20.9 Å². The maximum Gasteiger partial charge on any atom is 0.228 e. The van der Waals surface area contributed by atoms with Gasteiger partial charge < -0.3 is 14.5 Å². The van der Waals surface area contributed by atoms with Crippen LogP contribution in [0, 0.1) is 18.3 Å². The molecule has 1 aromatic rings. The van der Waals surface area contributed by atoms with E-state index in [9.17, 15) is 9.59 Å². The Morgan fingerprint density at radius 1 is 1.44 bits per heavy atom. The third-order valence-electron chi connectivity index (χ3n) is 5.84. The Morgan fingerprint density at radius 3 is 2.88 bits per heavy atom. The number of aromatic nitrogens is 1. The highest BCUT2D eigenvalue weighted by Crippen LogP contribution is 2.41. The van der Waals surface area contributed by atoms with E-state index in [1.165, 1.54) is 0 Å². The van der Waals surface area contributed by atoms with E-state index in [1.54, 1.807) is 11.3 Å². The lowest BCUT2D eigenvalue weighted by atomic mass is 9.77. The number of carbonyl (C=O) groups excluding carboxylic acids is 2. The van der Waals surface area contributed by atoms with E-state index < -0.39 is 0 Å². The molecular formula is C18H25N3O3S. The first-order valence-electron chi connectivity index (χ1n) is 9.10. The standard InChI is InChI=1S/C18H25N3O3S/c1-13-19-15(11-25-13)9-21-12-18(8-16(21)22)3-5-20(6-4-18)17(23)14-2-7-24-10-14/h11,14H,2-10,12H2,1H3. The molecular weight excluding hydrogens is 338 g/mol. The lowest BCUT2D eigenvalue weighted by Gasteiger charge is -2.39. The van der Waals surface area contributed by atoms with Gasteiger partial charge in [-0.1, -0.05) is 0 Å². The molecule has 0 bridgehead atoms. The summed E-state index contributed by atoms with van der Waals surface area (Å²) in [5.41, 5.74) is 1.03. The Hall–Kier alpha value is -1.47. The normalized spacial score (nSPS) is 26.0. The molecule has 3 fully saturated rings. The summed E-state index contributed by atoms with van der Waals surface area (Å²) in [6.07, 6.45) is 3.31. The summed E-state index contributed by atoms with van der Waals surface area (Å²) in [5, 5.41) is 3.08. The van der Waals surface area contributed by atoms with Gasteiger partial charge in [0, 0.05) is 43.5 Å². The molecule has 0 N–H and O–H groups in total. The van der Waals surface area contributed by atoms with Gasteiger partial charge in [0.25, 0.3) is 0 Å². The Morgan fingerprint density at radius 2 is 2.24 bits per heavy atom. The average Bonchev–Trinajstić information content (AvgIpc) is 3.31. The number of nitrogens with zero attached hydrogens (tertiary/aromatic N) is 3. The van der Waals surface area contributed by atoms with Crippen molar-refractivity contribution in [2.45, 2.75) is 39.2 Å². The summed E-state index contributed by atoms with van der Waals surface area (Å²) in [6.45, 7) is 6.22. The molecule has 136 valence electrons. The summed E-state index contributed by atoms with van der Waals surface area (Å²) in [5.74, 6) is 0.518. The second kappa shape index (κ2) is 6.68. The van der Waals surface area contributed by atoms with Crippen molar-refractivity contribution in [2.75, 3.05) is 32.8 Å².